The van der Waals surface area contributed by atoms with Gasteiger partial charge in [-0.1, -0.05) is 13.3 Å². The van der Waals surface area contributed by atoms with Crippen LogP contribution in [-0.2, 0) is 6.54 Å². The molecule has 0 aliphatic heterocycles. The fourth-order valence-corrected chi connectivity index (χ4v) is 2.38. The topological polar surface area (TPSA) is 82.9 Å². The quantitative estimate of drug-likeness (QED) is 0.579. The molecule has 3 heterocycles. The minimum absolute atomic E-state index is 0.123. The molecular weight excluding hydrogens is 268 g/mol. The van der Waals surface area contributed by atoms with Crippen LogP contribution in [0.4, 0.5) is 0 Å². The van der Waals surface area contributed by atoms with Gasteiger partial charge in [0.25, 0.3) is 11.1 Å². The first-order valence-electron chi connectivity index (χ1n) is 6.92. The van der Waals surface area contributed by atoms with Gasteiger partial charge in [-0.15, -0.1) is 0 Å². The van der Waals surface area contributed by atoms with Crippen LogP contribution in [0.5, 0.6) is 0 Å². The molecule has 0 aromatic carbocycles. The molecule has 0 bridgehead atoms. The zero-order chi connectivity index (χ0) is 15.0. The van der Waals surface area contributed by atoms with Crippen molar-refractivity contribution in [1.82, 2.24) is 14.2 Å². The highest BCUT2D eigenvalue weighted by Crippen LogP contribution is 2.13. The van der Waals surface area contributed by atoms with E-state index >= 15 is 0 Å². The smallest absolute Gasteiger partial charge is 0.278 e. The van der Waals surface area contributed by atoms with Gasteiger partial charge >= 0.3 is 0 Å². The van der Waals surface area contributed by atoms with Crippen molar-refractivity contribution in [2.75, 3.05) is 5.84 Å². The second-order valence-corrected chi connectivity index (χ2v) is 5.05. The fraction of sp³-hybridized carbons (Fsp3) is 0.267. The number of aromatic nitrogens is 3. The van der Waals surface area contributed by atoms with E-state index in [1.807, 2.05) is 0 Å². The van der Waals surface area contributed by atoms with Crippen molar-refractivity contribution in [3.63, 3.8) is 0 Å². The molecule has 6 nitrogen and oxygen atoms in total. The van der Waals surface area contributed by atoms with Crippen molar-refractivity contribution in [2.24, 2.45) is 0 Å². The number of rotatable bonds is 3. The summed E-state index contributed by atoms with van der Waals surface area (Å²) in [4.78, 5) is 28.9. The van der Waals surface area contributed by atoms with Crippen LogP contribution in [0, 0.1) is 0 Å². The van der Waals surface area contributed by atoms with Gasteiger partial charge in [-0.2, -0.15) is 0 Å². The van der Waals surface area contributed by atoms with Crippen molar-refractivity contribution in [1.29, 1.82) is 0 Å². The zero-order valence-corrected chi connectivity index (χ0v) is 11.7. The van der Waals surface area contributed by atoms with Gasteiger partial charge in [-0.3, -0.25) is 9.59 Å². The molecule has 0 unspecified atom stereocenters. The van der Waals surface area contributed by atoms with Crippen LogP contribution in [0.3, 0.4) is 0 Å². The Morgan fingerprint density at radius 1 is 1.10 bits per heavy atom. The summed E-state index contributed by atoms with van der Waals surface area (Å²) in [5, 5.41) is 0.808. The lowest BCUT2D eigenvalue weighted by Crippen LogP contribution is -2.27. The van der Waals surface area contributed by atoms with Crippen LogP contribution in [0.2, 0.25) is 0 Å². The minimum atomic E-state index is -0.356. The second kappa shape index (κ2) is 5.05. The molecule has 0 saturated heterocycles. The lowest BCUT2D eigenvalue weighted by Gasteiger charge is -2.07. The average Bonchev–Trinajstić information content (AvgIpc) is 2.49. The number of nitrogens with zero attached hydrogens (tertiary/aromatic N) is 3. The Labute approximate surface area is 120 Å². The van der Waals surface area contributed by atoms with E-state index in [4.69, 9.17) is 5.84 Å². The highest BCUT2D eigenvalue weighted by molar-refractivity contribution is 5.91. The molecule has 108 valence electrons. The van der Waals surface area contributed by atoms with E-state index < -0.39 is 0 Å². The predicted octanol–water partition coefficient (Wildman–Crippen LogP) is 1.23. The van der Waals surface area contributed by atoms with Crippen LogP contribution >= 0.6 is 0 Å². The van der Waals surface area contributed by atoms with Crippen molar-refractivity contribution in [3.8, 4) is 0 Å². The monoisotopic (exact) mass is 284 g/mol. The Kier molecular flexibility index (Phi) is 3.21. The fourth-order valence-electron chi connectivity index (χ4n) is 2.38. The SMILES string of the molecule is CCCCn1ccc2nc3ccn(N)c(=O)c3cc2c1=O. The maximum Gasteiger partial charge on any atom is 0.278 e. The van der Waals surface area contributed by atoms with Crippen molar-refractivity contribution in [3.05, 3.63) is 51.3 Å². The minimum Gasteiger partial charge on any atom is -0.336 e. The van der Waals surface area contributed by atoms with Gasteiger partial charge in [0.15, 0.2) is 0 Å². The van der Waals surface area contributed by atoms with Gasteiger partial charge in [0.1, 0.15) is 0 Å². The predicted molar refractivity (Wildman–Crippen MR) is 82.8 cm³/mol. The van der Waals surface area contributed by atoms with Gasteiger partial charge in [0.2, 0.25) is 0 Å². The molecule has 3 aromatic rings. The molecule has 2 N–H and O–H groups in total. The Morgan fingerprint density at radius 3 is 2.48 bits per heavy atom. The van der Waals surface area contributed by atoms with E-state index in [9.17, 15) is 9.59 Å². The van der Waals surface area contributed by atoms with Crippen molar-refractivity contribution in [2.45, 2.75) is 26.3 Å². The van der Waals surface area contributed by atoms with E-state index in [1.54, 1.807) is 29.0 Å². The molecule has 0 spiro atoms. The van der Waals surface area contributed by atoms with E-state index in [0.717, 1.165) is 17.5 Å². The number of aryl methyl sites for hydroxylation is 1. The number of nitrogens with two attached hydrogens (primary N) is 1. The van der Waals surface area contributed by atoms with Crippen LogP contribution in [0.25, 0.3) is 21.8 Å². The first-order chi connectivity index (χ1) is 10.1. The molecule has 0 atom stereocenters. The highest BCUT2D eigenvalue weighted by atomic mass is 16.1. The van der Waals surface area contributed by atoms with Gasteiger partial charge in [-0.25, -0.2) is 9.66 Å². The first-order valence-corrected chi connectivity index (χ1v) is 6.92. The largest absolute Gasteiger partial charge is 0.336 e. The maximum atomic E-state index is 12.5. The maximum absolute atomic E-state index is 12.5. The Balaban J connectivity index is 2.32. The van der Waals surface area contributed by atoms with Gasteiger partial charge in [0, 0.05) is 18.9 Å². The summed E-state index contributed by atoms with van der Waals surface area (Å²) in [7, 11) is 0. The summed E-state index contributed by atoms with van der Waals surface area (Å²) >= 11 is 0. The average molecular weight is 284 g/mol. The lowest BCUT2D eigenvalue weighted by atomic mass is 10.2. The summed E-state index contributed by atoms with van der Waals surface area (Å²) in [6.45, 7) is 2.74. The van der Waals surface area contributed by atoms with E-state index in [-0.39, 0.29) is 11.1 Å². The lowest BCUT2D eigenvalue weighted by molar-refractivity contribution is 0.617. The molecule has 0 aliphatic rings. The number of hydrogen-bond donors (Lipinski definition) is 1. The molecule has 0 aliphatic carbocycles. The van der Waals surface area contributed by atoms with E-state index in [1.165, 1.54) is 6.20 Å². The number of fused-ring (bicyclic) bond motifs is 2. The summed E-state index contributed by atoms with van der Waals surface area (Å²) in [6.07, 6.45) is 5.16. The Morgan fingerprint density at radius 2 is 1.76 bits per heavy atom. The van der Waals surface area contributed by atoms with Crippen LogP contribution < -0.4 is 17.0 Å². The molecule has 21 heavy (non-hydrogen) atoms. The highest BCUT2D eigenvalue weighted by Gasteiger charge is 2.08. The molecule has 0 fully saturated rings. The molecule has 0 amide bonds. The summed E-state index contributed by atoms with van der Waals surface area (Å²) in [6, 6.07) is 5.06. The zero-order valence-electron chi connectivity index (χ0n) is 11.7. The Bertz CT molecular complexity index is 940. The Hall–Kier alpha value is -2.63. The number of pyridine rings is 3. The second-order valence-electron chi connectivity index (χ2n) is 5.05. The normalized spacial score (nSPS) is 11.3. The van der Waals surface area contributed by atoms with Gasteiger partial charge in [-0.05, 0) is 24.6 Å². The van der Waals surface area contributed by atoms with Crippen molar-refractivity contribution >= 4 is 21.8 Å². The van der Waals surface area contributed by atoms with Crippen LogP contribution in [0.15, 0.2) is 40.2 Å². The van der Waals surface area contributed by atoms with Crippen molar-refractivity contribution < 1.29 is 0 Å². The van der Waals surface area contributed by atoms with Gasteiger partial charge < -0.3 is 10.4 Å². The molecule has 0 saturated carbocycles. The number of nitrogen functional groups attached to an aromatic ring is 1. The summed E-state index contributed by atoms with van der Waals surface area (Å²) in [5.41, 5.74) is 0.654. The van der Waals surface area contributed by atoms with Crippen LogP contribution in [-0.4, -0.2) is 14.2 Å². The summed E-state index contributed by atoms with van der Waals surface area (Å²) in [5.74, 6) is 5.56. The van der Waals surface area contributed by atoms with E-state index in [2.05, 4.69) is 11.9 Å². The molecule has 3 aromatic heterocycles. The molecule has 0 radical (unpaired) electrons. The first kappa shape index (κ1) is 13.4. The molecule has 6 heteroatoms. The summed E-state index contributed by atoms with van der Waals surface area (Å²) < 4.78 is 2.65. The molecule has 3 rings (SSSR count). The molecular formula is C15H16N4O2. The number of unbranched alkanes of at least 4 members (excludes halogenated alkanes) is 1. The standard InChI is InChI=1S/C15H16N4O2/c1-2-3-6-18-7-4-12-10(14(18)20)9-11-13(17-12)5-8-19(16)15(11)21/h4-5,7-9H,2-3,6,16H2,1H3. The third kappa shape index (κ3) is 2.18. The van der Waals surface area contributed by atoms with Crippen LogP contribution in [0.1, 0.15) is 19.8 Å². The van der Waals surface area contributed by atoms with E-state index in [0.29, 0.717) is 28.4 Å². The third-order valence-corrected chi connectivity index (χ3v) is 3.60. The third-order valence-electron chi connectivity index (χ3n) is 3.60. The number of hydrogen-bond acceptors (Lipinski definition) is 4. The van der Waals surface area contributed by atoms with Gasteiger partial charge in [0.05, 0.1) is 21.8 Å².